The quantitative estimate of drug-likeness (QED) is 0.349. The first-order chi connectivity index (χ1) is 13.8. The van der Waals surface area contributed by atoms with Gasteiger partial charge in [0.2, 0.25) is 0 Å². The third-order valence-corrected chi connectivity index (χ3v) is 5.50. The first kappa shape index (κ1) is 20.6. The number of esters is 1. The van der Waals surface area contributed by atoms with Crippen molar-refractivity contribution in [1.82, 2.24) is 19.1 Å². The van der Waals surface area contributed by atoms with Crippen molar-refractivity contribution in [2.45, 2.75) is 17.2 Å². The molecule has 3 rings (SSSR count). The van der Waals surface area contributed by atoms with E-state index in [1.165, 1.54) is 25.8 Å². The lowest BCUT2D eigenvalue weighted by molar-refractivity contribution is -0.139. The van der Waals surface area contributed by atoms with Crippen LogP contribution in [0.5, 0.6) is 5.75 Å². The van der Waals surface area contributed by atoms with Crippen LogP contribution in [0.3, 0.4) is 0 Å². The number of carbonyl (C=O) groups excluding carboxylic acids is 1. The Morgan fingerprint density at radius 1 is 1.07 bits per heavy atom. The molecule has 2 heterocycles. The van der Waals surface area contributed by atoms with Crippen LogP contribution in [0.15, 0.2) is 38.9 Å². The van der Waals surface area contributed by atoms with Gasteiger partial charge in [-0.05, 0) is 31.2 Å². The van der Waals surface area contributed by atoms with Crippen molar-refractivity contribution >= 4 is 28.8 Å². The average molecular weight is 416 g/mol. The van der Waals surface area contributed by atoms with Gasteiger partial charge in [0, 0.05) is 19.7 Å². The van der Waals surface area contributed by atoms with E-state index in [9.17, 15) is 14.4 Å². The molecule has 0 bridgehead atoms. The third-order valence-electron chi connectivity index (χ3n) is 4.44. The van der Waals surface area contributed by atoms with Gasteiger partial charge in [0.1, 0.15) is 21.4 Å². The second-order valence-corrected chi connectivity index (χ2v) is 7.60. The molecule has 152 valence electrons. The largest absolute Gasteiger partial charge is 0.497 e. The molecule has 2 aromatic heterocycles. The van der Waals surface area contributed by atoms with Gasteiger partial charge in [-0.25, -0.2) is 14.8 Å². The van der Waals surface area contributed by atoms with Gasteiger partial charge in [0.15, 0.2) is 11.5 Å². The van der Waals surface area contributed by atoms with E-state index in [2.05, 4.69) is 9.97 Å². The number of methoxy groups -OCH3 is 2. The van der Waals surface area contributed by atoms with Gasteiger partial charge in [0.05, 0.1) is 14.2 Å². The highest BCUT2D eigenvalue weighted by atomic mass is 32.2. The Kier molecular flexibility index (Phi) is 5.73. The fraction of sp³-hybridized carbons (Fsp3) is 0.316. The standard InChI is InChI=1S/C19H20N4O5S/c1-10(18(25)28-5)29-16-13-15(22(2)19(26)23(3)17(13)24)20-14(21-16)11-6-8-12(27-4)9-7-11/h6-10H,1-5H3/t10-/m1/s1. The number of ether oxygens (including phenoxy) is 2. The molecule has 0 saturated carbocycles. The number of nitrogens with zero attached hydrogens (tertiary/aromatic N) is 4. The van der Waals surface area contributed by atoms with Crippen molar-refractivity contribution in [2.24, 2.45) is 14.1 Å². The summed E-state index contributed by atoms with van der Waals surface area (Å²) < 4.78 is 12.2. The number of aromatic nitrogens is 4. The van der Waals surface area contributed by atoms with E-state index >= 15 is 0 Å². The maximum absolute atomic E-state index is 12.8. The van der Waals surface area contributed by atoms with Crippen LogP contribution in [0.2, 0.25) is 0 Å². The van der Waals surface area contributed by atoms with Crippen LogP contribution in [-0.2, 0) is 23.6 Å². The number of thioether (sulfide) groups is 1. The van der Waals surface area contributed by atoms with E-state index in [1.807, 2.05) is 0 Å². The van der Waals surface area contributed by atoms with Crippen LogP contribution >= 0.6 is 11.8 Å². The summed E-state index contributed by atoms with van der Waals surface area (Å²) in [6.45, 7) is 1.66. The molecule has 0 fully saturated rings. The fourth-order valence-corrected chi connectivity index (χ4v) is 3.73. The van der Waals surface area contributed by atoms with E-state index in [0.717, 1.165) is 16.3 Å². The first-order valence-corrected chi connectivity index (χ1v) is 9.53. The number of hydrogen-bond acceptors (Lipinski definition) is 8. The van der Waals surface area contributed by atoms with Crippen molar-refractivity contribution < 1.29 is 14.3 Å². The van der Waals surface area contributed by atoms with Crippen LogP contribution in [0.25, 0.3) is 22.4 Å². The highest BCUT2D eigenvalue weighted by Crippen LogP contribution is 2.29. The summed E-state index contributed by atoms with van der Waals surface area (Å²) in [4.78, 5) is 46.1. The number of fused-ring (bicyclic) bond motifs is 1. The maximum Gasteiger partial charge on any atom is 0.332 e. The zero-order valence-electron chi connectivity index (χ0n) is 16.6. The summed E-state index contributed by atoms with van der Waals surface area (Å²) in [7, 11) is 5.78. The van der Waals surface area contributed by atoms with Crippen molar-refractivity contribution in [2.75, 3.05) is 14.2 Å². The Morgan fingerprint density at radius 2 is 1.72 bits per heavy atom. The summed E-state index contributed by atoms with van der Waals surface area (Å²) in [6, 6.07) is 7.07. The lowest BCUT2D eigenvalue weighted by Gasteiger charge is -2.14. The molecular formula is C19H20N4O5S. The predicted octanol–water partition coefficient (Wildman–Crippen LogP) is 1.36. The SMILES string of the molecule is COC(=O)[C@@H](C)Sc1nc(-c2ccc(OC)cc2)nc2c1c(=O)n(C)c(=O)n2C. The minimum Gasteiger partial charge on any atom is -0.497 e. The lowest BCUT2D eigenvalue weighted by Crippen LogP contribution is -2.37. The Morgan fingerprint density at radius 3 is 2.31 bits per heavy atom. The van der Waals surface area contributed by atoms with Crippen LogP contribution in [0, 0.1) is 0 Å². The van der Waals surface area contributed by atoms with E-state index in [-0.39, 0.29) is 11.0 Å². The smallest absolute Gasteiger partial charge is 0.332 e. The Hall–Kier alpha value is -3.14. The predicted molar refractivity (Wildman–Crippen MR) is 109 cm³/mol. The number of carbonyl (C=O) groups is 1. The van der Waals surface area contributed by atoms with E-state index < -0.39 is 22.5 Å². The second kappa shape index (κ2) is 8.08. The summed E-state index contributed by atoms with van der Waals surface area (Å²) in [6.07, 6.45) is 0. The van der Waals surface area contributed by atoms with Crippen molar-refractivity contribution in [3.8, 4) is 17.1 Å². The summed E-state index contributed by atoms with van der Waals surface area (Å²) in [5, 5.41) is -0.133. The molecule has 9 nitrogen and oxygen atoms in total. The number of aryl methyl sites for hydroxylation is 1. The molecule has 0 aliphatic rings. The molecule has 29 heavy (non-hydrogen) atoms. The van der Waals surface area contributed by atoms with E-state index in [1.54, 1.807) is 38.3 Å². The van der Waals surface area contributed by atoms with Crippen molar-refractivity contribution in [1.29, 1.82) is 0 Å². The van der Waals surface area contributed by atoms with Gasteiger partial charge in [-0.3, -0.25) is 18.7 Å². The Balaban J connectivity index is 2.30. The van der Waals surface area contributed by atoms with E-state index in [4.69, 9.17) is 9.47 Å². The van der Waals surface area contributed by atoms with Crippen LogP contribution in [0.1, 0.15) is 6.92 Å². The second-order valence-electron chi connectivity index (χ2n) is 6.27. The monoisotopic (exact) mass is 416 g/mol. The minimum absolute atomic E-state index is 0.174. The van der Waals surface area contributed by atoms with Crippen LogP contribution in [-0.4, -0.2) is 44.5 Å². The summed E-state index contributed by atoms with van der Waals surface area (Å²) >= 11 is 1.08. The molecule has 3 aromatic rings. The Labute approximate surface area is 170 Å². The highest BCUT2D eigenvalue weighted by molar-refractivity contribution is 8.00. The molecule has 0 spiro atoms. The molecule has 0 N–H and O–H groups in total. The highest BCUT2D eigenvalue weighted by Gasteiger charge is 2.22. The van der Waals surface area contributed by atoms with Crippen molar-refractivity contribution in [3.05, 3.63) is 45.1 Å². The van der Waals surface area contributed by atoms with Crippen LogP contribution in [0.4, 0.5) is 0 Å². The molecule has 1 aromatic carbocycles. The summed E-state index contributed by atoms with van der Waals surface area (Å²) in [5.41, 5.74) is -0.158. The van der Waals surface area contributed by atoms with E-state index in [0.29, 0.717) is 22.2 Å². The minimum atomic E-state index is -0.608. The lowest BCUT2D eigenvalue weighted by atomic mass is 10.2. The van der Waals surface area contributed by atoms with Crippen LogP contribution < -0.4 is 16.0 Å². The molecule has 0 radical (unpaired) electrons. The molecule has 1 atom stereocenters. The average Bonchev–Trinajstić information content (AvgIpc) is 2.75. The zero-order valence-corrected chi connectivity index (χ0v) is 17.4. The molecule has 0 amide bonds. The molecular weight excluding hydrogens is 396 g/mol. The molecule has 10 heteroatoms. The van der Waals surface area contributed by atoms with Crippen molar-refractivity contribution in [3.63, 3.8) is 0 Å². The fourth-order valence-electron chi connectivity index (χ4n) is 2.76. The zero-order chi connectivity index (χ0) is 21.3. The Bertz CT molecular complexity index is 1200. The first-order valence-electron chi connectivity index (χ1n) is 8.65. The summed E-state index contributed by atoms with van der Waals surface area (Å²) in [5.74, 6) is 0.544. The topological polar surface area (TPSA) is 105 Å². The molecule has 0 unspecified atom stereocenters. The van der Waals surface area contributed by atoms with Gasteiger partial charge in [-0.2, -0.15) is 0 Å². The van der Waals surface area contributed by atoms with Gasteiger partial charge < -0.3 is 9.47 Å². The van der Waals surface area contributed by atoms with Gasteiger partial charge in [0.25, 0.3) is 5.56 Å². The third kappa shape index (κ3) is 3.75. The molecule has 0 aliphatic carbocycles. The number of benzene rings is 1. The number of rotatable bonds is 5. The van der Waals surface area contributed by atoms with Gasteiger partial charge >= 0.3 is 11.7 Å². The molecule has 0 aliphatic heterocycles. The number of hydrogen-bond donors (Lipinski definition) is 0. The normalized spacial score (nSPS) is 12.0. The maximum atomic E-state index is 12.8. The molecule has 0 saturated heterocycles. The van der Waals surface area contributed by atoms with Gasteiger partial charge in [-0.1, -0.05) is 11.8 Å². The van der Waals surface area contributed by atoms with Gasteiger partial charge in [-0.15, -0.1) is 0 Å².